The van der Waals surface area contributed by atoms with E-state index in [1.54, 1.807) is 30.3 Å². The van der Waals surface area contributed by atoms with E-state index in [-0.39, 0.29) is 37.9 Å². The number of nitrogens with two attached hydrogens (primary N) is 2. The number of rotatable bonds is 10. The number of primary amides is 2. The summed E-state index contributed by atoms with van der Waals surface area (Å²) >= 11 is 2.75. The van der Waals surface area contributed by atoms with Crippen LogP contribution in [0, 0.1) is 5.92 Å². The highest BCUT2D eigenvalue weighted by molar-refractivity contribution is 7.99. The summed E-state index contributed by atoms with van der Waals surface area (Å²) in [6.45, 7) is 2.38. The van der Waals surface area contributed by atoms with Gasteiger partial charge in [0.15, 0.2) is 5.78 Å². The lowest BCUT2D eigenvalue weighted by Crippen LogP contribution is -2.56. The van der Waals surface area contributed by atoms with Crippen LogP contribution < -0.4 is 43.4 Å². The van der Waals surface area contributed by atoms with Crippen molar-refractivity contribution in [1.29, 1.82) is 0 Å². The molecule has 0 spiro atoms. The van der Waals surface area contributed by atoms with Crippen LogP contribution in [0.25, 0.3) is 10.1 Å². The molecule has 1 aliphatic rings. The molecule has 20 nitrogen and oxygen atoms in total. The van der Waals surface area contributed by atoms with Crippen molar-refractivity contribution in [1.82, 2.24) is 36.5 Å². The first kappa shape index (κ1) is 50.4. The first-order valence-electron chi connectivity index (χ1n) is 20.7. The average molecular weight is 926 g/mol. The Labute approximate surface area is 377 Å². The van der Waals surface area contributed by atoms with E-state index < -0.39 is 115 Å². The van der Waals surface area contributed by atoms with E-state index in [4.69, 9.17) is 11.5 Å². The molecular formula is C42H55N9O11S2. The summed E-state index contributed by atoms with van der Waals surface area (Å²) < 4.78 is 2.90. The molecular weight excluding hydrogens is 871 g/mol. The molecule has 0 aliphatic carbocycles. The zero-order valence-electron chi connectivity index (χ0n) is 35.5. The van der Waals surface area contributed by atoms with Crippen molar-refractivity contribution in [2.24, 2.45) is 17.4 Å². The number of thiophene rings is 1. The number of aromatic nitrogens is 1. The first-order chi connectivity index (χ1) is 30.4. The van der Waals surface area contributed by atoms with Gasteiger partial charge >= 0.3 is 5.97 Å². The van der Waals surface area contributed by atoms with Crippen molar-refractivity contribution >= 4 is 92.2 Å². The second-order valence-electron chi connectivity index (χ2n) is 15.5. The Hall–Kier alpha value is -6.29. The minimum absolute atomic E-state index is 0.000387. The highest BCUT2D eigenvalue weighted by Crippen LogP contribution is 2.35. The highest BCUT2D eigenvalue weighted by Gasteiger charge is 2.33. The van der Waals surface area contributed by atoms with E-state index >= 15 is 0 Å². The van der Waals surface area contributed by atoms with Crippen LogP contribution in [0.3, 0.4) is 0 Å². The summed E-state index contributed by atoms with van der Waals surface area (Å²) in [6, 6.07) is 4.24. The number of aryl methyl sites for hydroxylation is 1. The van der Waals surface area contributed by atoms with E-state index in [0.717, 1.165) is 15.1 Å². The van der Waals surface area contributed by atoms with Gasteiger partial charge in [-0.05, 0) is 62.5 Å². The van der Waals surface area contributed by atoms with Crippen LogP contribution in [0.15, 0.2) is 53.0 Å². The molecule has 0 saturated heterocycles. The summed E-state index contributed by atoms with van der Waals surface area (Å²) in [5, 5.41) is 28.1. The van der Waals surface area contributed by atoms with Gasteiger partial charge in [0.2, 0.25) is 47.3 Å². The molecule has 11 N–H and O–H groups in total. The molecule has 0 unspecified atom stereocenters. The monoisotopic (exact) mass is 925 g/mol. The molecule has 4 rings (SSSR count). The van der Waals surface area contributed by atoms with Crippen molar-refractivity contribution in [2.75, 3.05) is 12.3 Å². The number of thioether (sulfide) groups is 1. The van der Waals surface area contributed by atoms with Crippen molar-refractivity contribution in [2.45, 2.75) is 113 Å². The van der Waals surface area contributed by atoms with Crippen LogP contribution in [0.2, 0.25) is 0 Å². The van der Waals surface area contributed by atoms with Crippen LogP contribution >= 0.6 is 23.1 Å². The number of ketones is 1. The Morgan fingerprint density at radius 3 is 2.27 bits per heavy atom. The number of carbonyl (C=O) groups is 10. The number of carbonyl (C=O) groups excluding carboxylic acids is 9. The van der Waals surface area contributed by atoms with Crippen LogP contribution in [-0.2, 0) is 60.9 Å². The summed E-state index contributed by atoms with van der Waals surface area (Å²) in [5.74, 6) is -9.18. The summed E-state index contributed by atoms with van der Waals surface area (Å²) in [6.07, 6.45) is 1.19. The molecule has 3 heterocycles. The number of carboxylic acid groups (broad SMARTS) is 1. The molecule has 64 heavy (non-hydrogen) atoms. The molecule has 1 aromatic carbocycles. The maximum atomic E-state index is 14.1. The maximum absolute atomic E-state index is 14.1. The average Bonchev–Trinajstić information content (AvgIpc) is 3.83. The first-order valence-corrected chi connectivity index (χ1v) is 22.6. The Kier molecular flexibility index (Phi) is 19.3. The fourth-order valence-electron chi connectivity index (χ4n) is 6.93. The van der Waals surface area contributed by atoms with Gasteiger partial charge in [-0.3, -0.25) is 47.9 Å². The molecule has 0 bridgehead atoms. The third kappa shape index (κ3) is 15.8. The van der Waals surface area contributed by atoms with E-state index in [0.29, 0.717) is 24.9 Å². The zero-order chi connectivity index (χ0) is 46.9. The molecule has 6 atom stereocenters. The number of carboxylic acids is 1. The smallest absolute Gasteiger partial charge is 0.303 e. The van der Waals surface area contributed by atoms with Gasteiger partial charge < -0.3 is 53.0 Å². The van der Waals surface area contributed by atoms with Crippen molar-refractivity contribution in [3.05, 3.63) is 53.5 Å². The summed E-state index contributed by atoms with van der Waals surface area (Å²) in [4.78, 5) is 130. The number of aliphatic carboxylic acids is 1. The van der Waals surface area contributed by atoms with E-state index in [1.807, 2.05) is 22.2 Å². The molecule has 0 fully saturated rings. The quantitative estimate of drug-likeness (QED) is 0.130. The normalized spacial score (nSPS) is 23.0. The molecule has 3 aromatic rings. The number of fused-ring (bicyclic) bond motifs is 3. The van der Waals surface area contributed by atoms with E-state index in [2.05, 4.69) is 31.9 Å². The number of nitrogens with zero attached hydrogens (tertiary/aromatic N) is 1. The fraction of sp³-hybridized carbons (Fsp3) is 0.476. The summed E-state index contributed by atoms with van der Waals surface area (Å²) in [5.41, 5.74) is 11.9. The molecule has 2 aromatic heterocycles. The lowest BCUT2D eigenvalue weighted by Gasteiger charge is -2.25. The van der Waals surface area contributed by atoms with Gasteiger partial charge in [0.25, 0.3) is 0 Å². The standard InChI is InChI=1S/C42H55N9O11S2/c1-23-38(59)49-30(18-25-8-4-3-5-9-25)32(53)19-26(11-13-33(43)54)39(60)50-31(37(44)58)22-64-42-36-27(15-17-63-36)21-51(42)16-7-6-10-28(47-24(2)52)40(61)45-20-34(55)48-29(41(62)46-23)12-14-35(56)57/h3-5,8-9,15,17,21,23,26,28-31H,6-7,10-14,16,18-20,22H2,1-2H3,(H2,43,54)(H2,44,58)(H,45,61)(H,46,62)(H,47,52)(H,48,55)(H,49,59)(H,50,60)(H,56,57)/t23-,26+,28-,29-,30-,31-/m0/s1. The minimum Gasteiger partial charge on any atom is -0.481 e. The van der Waals surface area contributed by atoms with Gasteiger partial charge in [0.05, 0.1) is 22.3 Å². The lowest BCUT2D eigenvalue weighted by molar-refractivity contribution is -0.138. The topological polar surface area (TPSA) is 320 Å². The van der Waals surface area contributed by atoms with E-state index in [1.165, 1.54) is 36.9 Å². The van der Waals surface area contributed by atoms with Crippen molar-refractivity contribution < 1.29 is 53.1 Å². The van der Waals surface area contributed by atoms with Crippen LogP contribution in [0.4, 0.5) is 0 Å². The minimum atomic E-state index is -1.47. The van der Waals surface area contributed by atoms with Gasteiger partial charge in [0, 0.05) is 56.0 Å². The largest absolute Gasteiger partial charge is 0.481 e. The predicted molar refractivity (Wildman–Crippen MR) is 236 cm³/mol. The highest BCUT2D eigenvalue weighted by atomic mass is 32.2. The third-order valence-electron chi connectivity index (χ3n) is 10.3. The Balaban J connectivity index is 1.68. The molecule has 0 saturated carbocycles. The number of nitrogens with one attached hydrogen (secondary N) is 6. The Bertz CT molecular complexity index is 2200. The SMILES string of the molecule is CC(=O)N[C@H]1CCCCn2cc3ccsc3c2SC[C@@H](C(N)=O)NC(=O)[C@H](CCC(N)=O)CC(=O)[C@H](Cc2ccccc2)NC(=O)[C@H](C)NC(=O)[C@H](CCC(=O)O)NC(=O)CNC1=O. The van der Waals surface area contributed by atoms with Crippen LogP contribution in [-0.4, -0.2) is 111 Å². The van der Waals surface area contributed by atoms with Gasteiger partial charge in [-0.1, -0.05) is 30.3 Å². The van der Waals surface area contributed by atoms with Crippen LogP contribution in [0.5, 0.6) is 0 Å². The molecule has 0 radical (unpaired) electrons. The van der Waals surface area contributed by atoms with Gasteiger partial charge in [-0.25, -0.2) is 0 Å². The second-order valence-corrected chi connectivity index (χ2v) is 17.4. The predicted octanol–water partition coefficient (Wildman–Crippen LogP) is -0.00750. The number of benzene rings is 1. The van der Waals surface area contributed by atoms with Crippen LogP contribution in [0.1, 0.15) is 70.8 Å². The van der Waals surface area contributed by atoms with Gasteiger partial charge in [-0.15, -0.1) is 23.1 Å². The van der Waals surface area contributed by atoms with Crippen molar-refractivity contribution in [3.8, 4) is 0 Å². The maximum Gasteiger partial charge on any atom is 0.303 e. The Morgan fingerprint density at radius 1 is 0.859 bits per heavy atom. The number of hydrogen-bond donors (Lipinski definition) is 9. The zero-order valence-corrected chi connectivity index (χ0v) is 37.1. The van der Waals surface area contributed by atoms with Gasteiger partial charge in [0.1, 0.15) is 24.2 Å². The van der Waals surface area contributed by atoms with Gasteiger partial charge in [-0.2, -0.15) is 0 Å². The molecule has 346 valence electrons. The number of amides is 8. The number of Topliss-reactive ketones (excluding diaryl/α,β-unsaturated/α-hetero) is 1. The molecule has 1 aliphatic heterocycles. The fourth-order valence-corrected chi connectivity index (χ4v) is 9.21. The Morgan fingerprint density at radius 2 is 1.59 bits per heavy atom. The summed E-state index contributed by atoms with van der Waals surface area (Å²) in [7, 11) is 0. The third-order valence-corrected chi connectivity index (χ3v) is 12.6. The second kappa shape index (κ2) is 24.5. The van der Waals surface area contributed by atoms with E-state index in [9.17, 15) is 53.1 Å². The lowest BCUT2D eigenvalue weighted by atomic mass is 9.90. The molecule has 8 amide bonds. The van der Waals surface area contributed by atoms with Crippen molar-refractivity contribution in [3.63, 3.8) is 0 Å². The number of hydrogen-bond acceptors (Lipinski definition) is 12. The molecule has 22 heteroatoms.